The number of rotatable bonds is 9. The first-order valence-corrected chi connectivity index (χ1v) is 13.8. The third-order valence-electron chi connectivity index (χ3n) is 7.28. The van der Waals surface area contributed by atoms with Gasteiger partial charge >= 0.3 is 0 Å². The van der Waals surface area contributed by atoms with E-state index in [4.69, 9.17) is 4.74 Å². The molecule has 2 heterocycles. The molecule has 1 atom stereocenters. The van der Waals surface area contributed by atoms with Crippen molar-refractivity contribution < 1.29 is 14.3 Å². The summed E-state index contributed by atoms with van der Waals surface area (Å²) in [5, 5.41) is 2.14. The number of nitrogens with zero attached hydrogens (tertiary/aromatic N) is 2. The van der Waals surface area contributed by atoms with Gasteiger partial charge in [-0.2, -0.15) is 0 Å². The molecule has 34 heavy (non-hydrogen) atoms. The fourth-order valence-corrected chi connectivity index (χ4v) is 6.35. The smallest absolute Gasteiger partial charge is 0.242 e. The van der Waals surface area contributed by atoms with E-state index < -0.39 is 0 Å². The van der Waals surface area contributed by atoms with Crippen LogP contribution in [0.3, 0.4) is 0 Å². The summed E-state index contributed by atoms with van der Waals surface area (Å²) >= 11 is 1.78. The third-order valence-corrected chi connectivity index (χ3v) is 8.28. The van der Waals surface area contributed by atoms with Crippen LogP contribution in [0.25, 0.3) is 0 Å². The normalized spacial score (nSPS) is 18.5. The first-order valence-electron chi connectivity index (χ1n) is 12.9. The molecule has 184 valence electrons. The molecule has 1 saturated carbocycles. The molecule has 2 amide bonds. The maximum absolute atomic E-state index is 13.8. The van der Waals surface area contributed by atoms with E-state index in [2.05, 4.69) is 36.6 Å². The Morgan fingerprint density at radius 2 is 1.91 bits per heavy atom. The maximum Gasteiger partial charge on any atom is 0.242 e. The molecule has 0 bridgehead atoms. The summed E-state index contributed by atoms with van der Waals surface area (Å²) in [5.41, 5.74) is 3.60. The summed E-state index contributed by atoms with van der Waals surface area (Å²) in [6.07, 6.45) is 6.96. The highest BCUT2D eigenvalue weighted by molar-refractivity contribution is 7.10. The van der Waals surface area contributed by atoms with E-state index >= 15 is 0 Å². The van der Waals surface area contributed by atoms with Crippen LogP contribution in [0.5, 0.6) is 0 Å². The number of hydrogen-bond donors (Lipinski definition) is 0. The predicted molar refractivity (Wildman–Crippen MR) is 137 cm³/mol. The van der Waals surface area contributed by atoms with Crippen LogP contribution in [0, 0.1) is 12.8 Å². The van der Waals surface area contributed by atoms with E-state index in [-0.39, 0.29) is 30.3 Å². The molecule has 0 saturated heterocycles. The molecule has 1 aliphatic carbocycles. The summed E-state index contributed by atoms with van der Waals surface area (Å²) in [6.45, 7) is 6.81. The second-order valence-electron chi connectivity index (χ2n) is 9.54. The van der Waals surface area contributed by atoms with Gasteiger partial charge in [0.05, 0.1) is 12.6 Å². The van der Waals surface area contributed by atoms with Crippen LogP contribution in [0.2, 0.25) is 0 Å². The molecule has 4 rings (SSSR count). The third kappa shape index (κ3) is 5.72. The summed E-state index contributed by atoms with van der Waals surface area (Å²) in [7, 11) is 0. The minimum Gasteiger partial charge on any atom is -0.382 e. The Balaban J connectivity index is 1.55. The molecule has 1 aromatic carbocycles. The molecule has 1 unspecified atom stereocenters. The highest BCUT2D eigenvalue weighted by atomic mass is 32.1. The van der Waals surface area contributed by atoms with Crippen molar-refractivity contribution in [2.24, 2.45) is 5.92 Å². The van der Waals surface area contributed by atoms with Crippen LogP contribution in [-0.2, 0) is 20.7 Å². The minimum atomic E-state index is -0.0845. The van der Waals surface area contributed by atoms with Gasteiger partial charge in [0.25, 0.3) is 0 Å². The highest BCUT2D eigenvalue weighted by Gasteiger charge is 2.35. The fourth-order valence-electron chi connectivity index (χ4n) is 5.44. The number of fused-ring (bicyclic) bond motifs is 1. The molecule has 2 aromatic rings. The Kier molecular flexibility index (Phi) is 8.79. The first-order chi connectivity index (χ1) is 16.6. The number of hydrogen-bond acceptors (Lipinski definition) is 4. The van der Waals surface area contributed by atoms with E-state index in [0.717, 1.165) is 38.5 Å². The summed E-state index contributed by atoms with van der Waals surface area (Å²) in [5.74, 6) is 0.265. The van der Waals surface area contributed by atoms with Gasteiger partial charge in [-0.25, -0.2) is 0 Å². The number of carbonyl (C=O) groups excluding carboxylic acids is 2. The average molecular weight is 483 g/mol. The van der Waals surface area contributed by atoms with Gasteiger partial charge in [-0.1, -0.05) is 43.5 Å². The van der Waals surface area contributed by atoms with Crippen molar-refractivity contribution in [3.63, 3.8) is 0 Å². The highest BCUT2D eigenvalue weighted by Crippen LogP contribution is 2.39. The lowest BCUT2D eigenvalue weighted by molar-refractivity contribution is -0.144. The van der Waals surface area contributed by atoms with Crippen LogP contribution in [0.4, 0.5) is 0 Å². The van der Waals surface area contributed by atoms with Crippen molar-refractivity contribution in [2.45, 2.75) is 64.8 Å². The summed E-state index contributed by atoms with van der Waals surface area (Å²) in [4.78, 5) is 32.5. The van der Waals surface area contributed by atoms with E-state index in [1.165, 1.54) is 28.0 Å². The van der Waals surface area contributed by atoms with E-state index in [0.29, 0.717) is 26.3 Å². The van der Waals surface area contributed by atoms with Gasteiger partial charge in [0.1, 0.15) is 0 Å². The molecule has 1 fully saturated rings. The monoisotopic (exact) mass is 482 g/mol. The lowest BCUT2D eigenvalue weighted by atomic mass is 9.88. The molecule has 0 spiro atoms. The summed E-state index contributed by atoms with van der Waals surface area (Å²) in [6, 6.07) is 10.4. The number of ether oxygens (including phenoxy) is 1. The molecular formula is C28H38N2O3S. The molecule has 1 aliphatic heterocycles. The lowest BCUT2D eigenvalue weighted by Gasteiger charge is -2.38. The zero-order valence-corrected chi connectivity index (χ0v) is 21.4. The largest absolute Gasteiger partial charge is 0.382 e. The van der Waals surface area contributed by atoms with Crippen molar-refractivity contribution in [3.8, 4) is 0 Å². The second-order valence-corrected chi connectivity index (χ2v) is 10.5. The Hall–Kier alpha value is -2.18. The quantitative estimate of drug-likeness (QED) is 0.452. The predicted octanol–water partition coefficient (Wildman–Crippen LogP) is 5.37. The summed E-state index contributed by atoms with van der Waals surface area (Å²) < 4.78 is 5.52. The van der Waals surface area contributed by atoms with Crippen molar-refractivity contribution >= 4 is 23.2 Å². The lowest BCUT2D eigenvalue weighted by Crippen LogP contribution is -2.48. The van der Waals surface area contributed by atoms with Crippen molar-refractivity contribution in [1.29, 1.82) is 0 Å². The zero-order valence-electron chi connectivity index (χ0n) is 20.6. The van der Waals surface area contributed by atoms with Gasteiger partial charge in [-0.05, 0) is 67.7 Å². The van der Waals surface area contributed by atoms with Crippen LogP contribution < -0.4 is 0 Å². The van der Waals surface area contributed by atoms with Gasteiger partial charge in [0, 0.05) is 37.1 Å². The van der Waals surface area contributed by atoms with Crippen molar-refractivity contribution in [3.05, 3.63) is 57.3 Å². The molecule has 6 heteroatoms. The Bertz CT molecular complexity index is 966. The molecule has 0 radical (unpaired) electrons. The molecule has 1 aromatic heterocycles. The van der Waals surface area contributed by atoms with Gasteiger partial charge < -0.3 is 14.5 Å². The number of amides is 2. The number of carbonyl (C=O) groups is 2. The van der Waals surface area contributed by atoms with E-state index in [1.54, 1.807) is 11.3 Å². The molecule has 2 aliphatic rings. The fraction of sp³-hybridized carbons (Fsp3) is 0.571. The van der Waals surface area contributed by atoms with Gasteiger partial charge in [-0.15, -0.1) is 11.3 Å². The topological polar surface area (TPSA) is 49.9 Å². The Morgan fingerprint density at radius 1 is 1.12 bits per heavy atom. The van der Waals surface area contributed by atoms with Gasteiger partial charge in [-0.3, -0.25) is 9.59 Å². The van der Waals surface area contributed by atoms with Crippen molar-refractivity contribution in [1.82, 2.24) is 9.80 Å². The van der Waals surface area contributed by atoms with E-state index in [1.807, 2.05) is 22.8 Å². The first kappa shape index (κ1) is 24.9. The maximum atomic E-state index is 13.8. The SMILES string of the molecule is CCOCCCN(CC(=O)N1CCc2sccc2C1c1ccccc1C)C(=O)C1CCCCC1. The van der Waals surface area contributed by atoms with Crippen LogP contribution in [0.15, 0.2) is 35.7 Å². The number of benzene rings is 1. The Labute approximate surface area is 208 Å². The second kappa shape index (κ2) is 12.0. The average Bonchev–Trinajstić information content (AvgIpc) is 3.35. The molecule has 0 N–H and O–H groups in total. The zero-order chi connectivity index (χ0) is 23.9. The van der Waals surface area contributed by atoms with Gasteiger partial charge in [0.15, 0.2) is 0 Å². The minimum absolute atomic E-state index is 0.0469. The molecule has 5 nitrogen and oxygen atoms in total. The standard InChI is InChI=1S/C28H38N2O3S/c1-3-33-18-9-16-29(28(32)22-11-5-4-6-12-22)20-26(31)30-17-14-25-24(15-19-34-25)27(30)23-13-8-7-10-21(23)2/h7-8,10,13,15,19,22,27H,3-6,9,11-12,14,16-18,20H2,1-2H3. The molecular weight excluding hydrogens is 444 g/mol. The number of aryl methyl sites for hydroxylation is 1. The van der Waals surface area contributed by atoms with Crippen molar-refractivity contribution in [2.75, 3.05) is 32.8 Å². The van der Waals surface area contributed by atoms with Crippen LogP contribution in [0.1, 0.15) is 73.1 Å². The van der Waals surface area contributed by atoms with Crippen LogP contribution in [-0.4, -0.2) is 54.5 Å². The van der Waals surface area contributed by atoms with Crippen LogP contribution >= 0.6 is 11.3 Å². The van der Waals surface area contributed by atoms with E-state index in [9.17, 15) is 9.59 Å². The van der Waals surface area contributed by atoms with Gasteiger partial charge in [0.2, 0.25) is 11.8 Å². The Morgan fingerprint density at radius 3 is 2.68 bits per heavy atom. The number of thiophene rings is 1.